The average molecular weight is 487 g/mol. The Kier molecular flexibility index (Phi) is 4.02. The zero-order chi connectivity index (χ0) is 21.9. The van der Waals surface area contributed by atoms with Gasteiger partial charge in [-0.2, -0.15) is 0 Å². The van der Waals surface area contributed by atoms with Crippen LogP contribution in [0.2, 0.25) is 0 Å². The van der Waals surface area contributed by atoms with E-state index in [0.29, 0.717) is 0 Å². The number of aromatic amines is 1. The summed E-state index contributed by atoms with van der Waals surface area (Å²) in [7, 11) is 0. The van der Waals surface area contributed by atoms with Crippen molar-refractivity contribution in [2.75, 3.05) is 0 Å². The van der Waals surface area contributed by atoms with Crippen LogP contribution in [0.15, 0.2) is 114 Å². The molecule has 1 N–H and O–H groups in total. The van der Waals surface area contributed by atoms with Crippen LogP contribution < -0.4 is 0 Å². The lowest BCUT2D eigenvalue weighted by atomic mass is 10.0. The van der Waals surface area contributed by atoms with E-state index in [2.05, 4.69) is 135 Å². The normalized spacial score (nSPS) is 11.8. The highest BCUT2D eigenvalue weighted by atomic mass is 79.9. The van der Waals surface area contributed by atoms with Gasteiger partial charge in [0, 0.05) is 42.7 Å². The van der Waals surface area contributed by atoms with Gasteiger partial charge in [0.25, 0.3) is 0 Å². The number of nitrogens with zero attached hydrogens (tertiary/aromatic N) is 1. The molecular weight excluding hydrogens is 468 g/mol. The Bertz CT molecular complexity index is 1770. The summed E-state index contributed by atoms with van der Waals surface area (Å²) >= 11 is 3.53. The predicted octanol–water partition coefficient (Wildman–Crippen LogP) is 8.85. The zero-order valence-electron chi connectivity index (χ0n) is 17.7. The second-order valence-electron chi connectivity index (χ2n) is 8.49. The monoisotopic (exact) mass is 486 g/mol. The molecule has 0 amide bonds. The minimum Gasteiger partial charge on any atom is -0.354 e. The van der Waals surface area contributed by atoms with Crippen molar-refractivity contribution in [2.24, 2.45) is 0 Å². The number of halogens is 1. The van der Waals surface area contributed by atoms with E-state index in [9.17, 15) is 0 Å². The van der Waals surface area contributed by atoms with Gasteiger partial charge in [0.15, 0.2) is 0 Å². The molecule has 0 spiro atoms. The first-order chi connectivity index (χ1) is 16.3. The maximum Gasteiger partial charge on any atom is 0.0541 e. The molecule has 33 heavy (non-hydrogen) atoms. The SMILES string of the molecule is Brc1ccc(-c2ccc3c(c2)[nH]c2cc(-n4c5ccccc5c5ccccc54)ccc23)cc1. The van der Waals surface area contributed by atoms with Gasteiger partial charge in [-0.1, -0.05) is 82.7 Å². The van der Waals surface area contributed by atoms with Crippen molar-refractivity contribution in [1.82, 2.24) is 9.55 Å². The number of fused-ring (bicyclic) bond motifs is 6. The maximum absolute atomic E-state index is 3.68. The van der Waals surface area contributed by atoms with Gasteiger partial charge < -0.3 is 9.55 Å². The fraction of sp³-hybridized carbons (Fsp3) is 0. The summed E-state index contributed by atoms with van der Waals surface area (Å²) in [6.07, 6.45) is 0. The lowest BCUT2D eigenvalue weighted by Crippen LogP contribution is -1.93. The third-order valence-corrected chi connectivity index (χ3v) is 7.13. The molecule has 0 atom stereocenters. The van der Waals surface area contributed by atoms with Gasteiger partial charge >= 0.3 is 0 Å². The van der Waals surface area contributed by atoms with E-state index < -0.39 is 0 Å². The Hall–Kier alpha value is -3.82. The van der Waals surface area contributed by atoms with Crippen molar-refractivity contribution < 1.29 is 0 Å². The molecule has 0 unspecified atom stereocenters. The van der Waals surface area contributed by atoms with Crippen molar-refractivity contribution in [3.8, 4) is 16.8 Å². The van der Waals surface area contributed by atoms with Crippen LogP contribution in [0.25, 0.3) is 60.4 Å². The molecule has 7 rings (SSSR count). The first-order valence-corrected chi connectivity index (χ1v) is 11.9. The molecule has 2 aromatic heterocycles. The summed E-state index contributed by atoms with van der Waals surface area (Å²) in [5, 5.41) is 5.06. The molecule has 0 saturated carbocycles. The van der Waals surface area contributed by atoms with Crippen LogP contribution in [-0.2, 0) is 0 Å². The summed E-state index contributed by atoms with van der Waals surface area (Å²) in [5.41, 5.74) is 8.36. The van der Waals surface area contributed by atoms with E-state index in [1.807, 2.05) is 0 Å². The van der Waals surface area contributed by atoms with Crippen LogP contribution in [0.5, 0.6) is 0 Å². The fourth-order valence-electron chi connectivity index (χ4n) is 5.06. The van der Waals surface area contributed by atoms with E-state index in [1.165, 1.54) is 49.4 Å². The van der Waals surface area contributed by atoms with Gasteiger partial charge in [-0.3, -0.25) is 0 Å². The van der Waals surface area contributed by atoms with E-state index >= 15 is 0 Å². The number of para-hydroxylation sites is 2. The van der Waals surface area contributed by atoms with Gasteiger partial charge in [0.1, 0.15) is 0 Å². The fourth-order valence-corrected chi connectivity index (χ4v) is 5.32. The quantitative estimate of drug-likeness (QED) is 0.252. The third kappa shape index (κ3) is 2.86. The Morgan fingerprint density at radius 2 is 1.09 bits per heavy atom. The van der Waals surface area contributed by atoms with Gasteiger partial charge in [-0.15, -0.1) is 0 Å². The van der Waals surface area contributed by atoms with Crippen LogP contribution in [0, 0.1) is 0 Å². The highest BCUT2D eigenvalue weighted by Gasteiger charge is 2.13. The molecule has 2 heterocycles. The first kappa shape index (κ1) is 18.7. The number of hydrogen-bond acceptors (Lipinski definition) is 0. The highest BCUT2D eigenvalue weighted by Crippen LogP contribution is 2.35. The van der Waals surface area contributed by atoms with Gasteiger partial charge in [-0.05, 0) is 53.6 Å². The molecule has 5 aromatic carbocycles. The van der Waals surface area contributed by atoms with Gasteiger partial charge in [-0.25, -0.2) is 0 Å². The van der Waals surface area contributed by atoms with Crippen molar-refractivity contribution in [2.45, 2.75) is 0 Å². The van der Waals surface area contributed by atoms with E-state index in [0.717, 1.165) is 15.5 Å². The smallest absolute Gasteiger partial charge is 0.0541 e. The summed E-state index contributed by atoms with van der Waals surface area (Å²) in [6, 6.07) is 39.2. The Balaban J connectivity index is 1.44. The van der Waals surface area contributed by atoms with E-state index in [4.69, 9.17) is 0 Å². The van der Waals surface area contributed by atoms with Crippen LogP contribution in [0.4, 0.5) is 0 Å². The Morgan fingerprint density at radius 3 is 1.79 bits per heavy atom. The maximum atomic E-state index is 3.68. The molecule has 3 heteroatoms. The number of H-pyrrole nitrogens is 1. The van der Waals surface area contributed by atoms with E-state index in [-0.39, 0.29) is 0 Å². The minimum absolute atomic E-state index is 1.09. The molecule has 7 aromatic rings. The lowest BCUT2D eigenvalue weighted by Gasteiger charge is -2.08. The molecule has 0 fully saturated rings. The largest absolute Gasteiger partial charge is 0.354 e. The molecular formula is C30H19BrN2. The number of nitrogens with one attached hydrogen (secondary N) is 1. The standard InChI is InChI=1S/C30H19BrN2/c31-21-12-9-19(10-13-21)20-11-15-23-24-16-14-22(18-28(24)32-27(23)17-20)33-29-7-3-1-5-25(29)26-6-2-4-8-30(26)33/h1-18,32H. The molecule has 0 aliphatic heterocycles. The highest BCUT2D eigenvalue weighted by molar-refractivity contribution is 9.10. The predicted molar refractivity (Wildman–Crippen MR) is 143 cm³/mol. The Morgan fingerprint density at radius 1 is 0.515 bits per heavy atom. The average Bonchev–Trinajstić information content (AvgIpc) is 3.39. The third-order valence-electron chi connectivity index (χ3n) is 6.60. The number of rotatable bonds is 2. The van der Waals surface area contributed by atoms with Crippen molar-refractivity contribution >= 4 is 59.5 Å². The summed E-state index contributed by atoms with van der Waals surface area (Å²) in [6.45, 7) is 0. The summed E-state index contributed by atoms with van der Waals surface area (Å²) < 4.78 is 3.46. The summed E-state index contributed by atoms with van der Waals surface area (Å²) in [5.74, 6) is 0. The number of benzene rings is 5. The Labute approximate surface area is 199 Å². The van der Waals surface area contributed by atoms with Crippen molar-refractivity contribution in [1.29, 1.82) is 0 Å². The van der Waals surface area contributed by atoms with E-state index in [1.54, 1.807) is 0 Å². The minimum atomic E-state index is 1.09. The molecule has 0 bridgehead atoms. The van der Waals surface area contributed by atoms with Crippen LogP contribution in [0.1, 0.15) is 0 Å². The van der Waals surface area contributed by atoms with Crippen LogP contribution >= 0.6 is 15.9 Å². The second-order valence-corrected chi connectivity index (χ2v) is 9.41. The van der Waals surface area contributed by atoms with Crippen LogP contribution in [0.3, 0.4) is 0 Å². The molecule has 0 radical (unpaired) electrons. The second kappa shape index (κ2) is 7.09. The topological polar surface area (TPSA) is 20.7 Å². The van der Waals surface area contributed by atoms with Gasteiger partial charge in [0.05, 0.1) is 11.0 Å². The number of hydrogen-bond donors (Lipinski definition) is 1. The molecule has 0 saturated heterocycles. The van der Waals surface area contributed by atoms with Gasteiger partial charge in [0.2, 0.25) is 0 Å². The molecule has 156 valence electrons. The molecule has 0 aliphatic carbocycles. The van der Waals surface area contributed by atoms with Crippen molar-refractivity contribution in [3.63, 3.8) is 0 Å². The van der Waals surface area contributed by atoms with Crippen LogP contribution in [-0.4, -0.2) is 9.55 Å². The number of aromatic nitrogens is 2. The summed E-state index contributed by atoms with van der Waals surface area (Å²) in [4.78, 5) is 3.68. The first-order valence-electron chi connectivity index (χ1n) is 11.1. The molecule has 2 nitrogen and oxygen atoms in total. The van der Waals surface area contributed by atoms with Crippen molar-refractivity contribution in [3.05, 3.63) is 114 Å². The lowest BCUT2D eigenvalue weighted by molar-refractivity contribution is 1.18. The zero-order valence-corrected chi connectivity index (χ0v) is 19.3. The molecule has 0 aliphatic rings.